The minimum absolute atomic E-state index is 0.155. The van der Waals surface area contributed by atoms with E-state index in [1.54, 1.807) is 0 Å². The summed E-state index contributed by atoms with van der Waals surface area (Å²) in [6.07, 6.45) is 0. The number of Topliss-reactive ketones (excluding diaryl/α,β-unsaturated/α-hetero) is 1. The number of ether oxygens (including phenoxy) is 1. The fraction of sp³-hybridized carbons (Fsp3) is 0.182. The first-order chi connectivity index (χ1) is 7.60. The normalized spacial score (nSPS) is 9.38. The number of likely N-dealkylation sites (N-methyl/N-ethyl adjacent to an activating group) is 1. The van der Waals surface area contributed by atoms with Crippen molar-refractivity contribution in [2.24, 2.45) is 0 Å². The summed E-state index contributed by atoms with van der Waals surface area (Å²) in [5.74, 6) is -1.96. The van der Waals surface area contributed by atoms with Gasteiger partial charge in [-0.05, 0) is 12.1 Å². The van der Waals surface area contributed by atoms with Crippen molar-refractivity contribution in [1.29, 1.82) is 0 Å². The number of carbonyl (C=O) groups is 3. The summed E-state index contributed by atoms with van der Waals surface area (Å²) in [6.45, 7) is 0. The molecule has 0 saturated carbocycles. The molecule has 0 saturated heterocycles. The van der Waals surface area contributed by atoms with Crippen molar-refractivity contribution in [3.8, 4) is 0 Å². The molecule has 1 N–H and O–H groups in total. The molecular formula is C11H11NO4. The first-order valence-corrected chi connectivity index (χ1v) is 4.55. The molecule has 0 bridgehead atoms. The maximum Gasteiger partial charge on any atom is 0.337 e. The van der Waals surface area contributed by atoms with Crippen molar-refractivity contribution < 1.29 is 19.1 Å². The molecule has 16 heavy (non-hydrogen) atoms. The zero-order chi connectivity index (χ0) is 12.1. The van der Waals surface area contributed by atoms with Gasteiger partial charge in [-0.2, -0.15) is 0 Å². The van der Waals surface area contributed by atoms with Crippen LogP contribution in [0, 0.1) is 0 Å². The average Bonchev–Trinajstić information content (AvgIpc) is 2.36. The monoisotopic (exact) mass is 221 g/mol. The Morgan fingerprint density at radius 3 is 2.38 bits per heavy atom. The second kappa shape index (κ2) is 5.06. The summed E-state index contributed by atoms with van der Waals surface area (Å²) in [6, 6.07) is 5.81. The number of benzene rings is 1. The van der Waals surface area contributed by atoms with E-state index in [-0.39, 0.29) is 11.1 Å². The predicted octanol–water partition coefficient (Wildman–Crippen LogP) is 0.402. The summed E-state index contributed by atoms with van der Waals surface area (Å²) >= 11 is 0. The fourth-order valence-electron chi connectivity index (χ4n) is 1.15. The van der Waals surface area contributed by atoms with Crippen LogP contribution in [0.2, 0.25) is 0 Å². The van der Waals surface area contributed by atoms with Crippen molar-refractivity contribution in [3.63, 3.8) is 0 Å². The quantitative estimate of drug-likeness (QED) is 0.455. The highest BCUT2D eigenvalue weighted by atomic mass is 16.5. The first kappa shape index (κ1) is 11.9. The Labute approximate surface area is 92.4 Å². The highest BCUT2D eigenvalue weighted by Gasteiger charge is 2.16. The van der Waals surface area contributed by atoms with Crippen LogP contribution >= 0.6 is 0 Å². The highest BCUT2D eigenvalue weighted by Crippen LogP contribution is 2.07. The van der Waals surface area contributed by atoms with E-state index >= 15 is 0 Å². The maximum absolute atomic E-state index is 11.5. The van der Waals surface area contributed by atoms with Crippen LogP contribution in [-0.2, 0) is 9.53 Å². The Morgan fingerprint density at radius 2 is 1.81 bits per heavy atom. The van der Waals surface area contributed by atoms with E-state index in [1.807, 2.05) is 0 Å². The van der Waals surface area contributed by atoms with Crippen LogP contribution in [0.15, 0.2) is 24.3 Å². The zero-order valence-corrected chi connectivity index (χ0v) is 8.94. The van der Waals surface area contributed by atoms with Gasteiger partial charge in [0.15, 0.2) is 0 Å². The van der Waals surface area contributed by atoms with Crippen molar-refractivity contribution in [2.75, 3.05) is 14.2 Å². The number of rotatable bonds is 3. The Morgan fingerprint density at radius 1 is 1.19 bits per heavy atom. The van der Waals surface area contributed by atoms with Crippen molar-refractivity contribution in [2.45, 2.75) is 0 Å². The second-order valence-electron chi connectivity index (χ2n) is 2.98. The standard InChI is InChI=1S/C11H11NO4/c1-12-10(14)9(13)7-4-3-5-8(6-7)11(15)16-2/h3-6H,1-2H3,(H,12,14). The molecule has 1 aromatic carbocycles. The number of esters is 1. The lowest BCUT2D eigenvalue weighted by molar-refractivity contribution is -0.116. The van der Waals surface area contributed by atoms with Crippen molar-refractivity contribution in [1.82, 2.24) is 5.32 Å². The van der Waals surface area contributed by atoms with Crippen LogP contribution in [0.3, 0.4) is 0 Å². The molecule has 1 amide bonds. The summed E-state index contributed by atoms with van der Waals surface area (Å²) in [7, 11) is 2.61. The molecule has 5 heteroatoms. The second-order valence-corrected chi connectivity index (χ2v) is 2.98. The lowest BCUT2D eigenvalue weighted by atomic mass is 10.1. The van der Waals surface area contributed by atoms with E-state index in [9.17, 15) is 14.4 Å². The highest BCUT2D eigenvalue weighted by molar-refractivity contribution is 6.42. The molecule has 0 aliphatic rings. The van der Waals surface area contributed by atoms with E-state index in [0.29, 0.717) is 0 Å². The van der Waals surface area contributed by atoms with Crippen LogP contribution < -0.4 is 5.32 Å². The van der Waals surface area contributed by atoms with E-state index in [2.05, 4.69) is 10.1 Å². The third kappa shape index (κ3) is 2.44. The van der Waals surface area contributed by atoms with Gasteiger partial charge < -0.3 is 10.1 Å². The lowest BCUT2D eigenvalue weighted by Gasteiger charge is -2.02. The maximum atomic E-state index is 11.5. The van der Waals surface area contributed by atoms with Crippen LogP contribution in [0.4, 0.5) is 0 Å². The van der Waals surface area contributed by atoms with Crippen LogP contribution in [0.25, 0.3) is 0 Å². The van der Waals surface area contributed by atoms with Gasteiger partial charge in [0.05, 0.1) is 12.7 Å². The number of amides is 1. The van der Waals surface area contributed by atoms with Gasteiger partial charge in [0.1, 0.15) is 0 Å². The molecule has 1 aromatic rings. The number of hydrogen-bond acceptors (Lipinski definition) is 4. The number of methoxy groups -OCH3 is 1. The molecule has 0 aliphatic heterocycles. The topological polar surface area (TPSA) is 72.5 Å². The molecule has 84 valence electrons. The largest absolute Gasteiger partial charge is 0.465 e. The molecule has 1 rings (SSSR count). The molecule has 0 fully saturated rings. The first-order valence-electron chi connectivity index (χ1n) is 4.55. The summed E-state index contributed by atoms with van der Waals surface area (Å²) < 4.78 is 4.51. The number of ketones is 1. The van der Waals surface area contributed by atoms with E-state index < -0.39 is 17.7 Å². The Bertz CT molecular complexity index is 439. The van der Waals surface area contributed by atoms with Crippen LogP contribution in [0.5, 0.6) is 0 Å². The molecule has 5 nitrogen and oxygen atoms in total. The molecule has 0 heterocycles. The number of hydrogen-bond donors (Lipinski definition) is 1. The molecule has 0 aromatic heterocycles. The van der Waals surface area contributed by atoms with Gasteiger partial charge in [0.25, 0.3) is 5.91 Å². The SMILES string of the molecule is CNC(=O)C(=O)c1cccc(C(=O)OC)c1. The lowest BCUT2D eigenvalue weighted by Crippen LogP contribution is -2.27. The summed E-state index contributed by atoms with van der Waals surface area (Å²) in [5.41, 5.74) is 0.388. The minimum atomic E-state index is -0.720. The van der Waals surface area contributed by atoms with Gasteiger partial charge in [0, 0.05) is 12.6 Å². The Hall–Kier alpha value is -2.17. The van der Waals surface area contributed by atoms with E-state index in [4.69, 9.17) is 0 Å². The molecular weight excluding hydrogens is 210 g/mol. The van der Waals surface area contributed by atoms with Gasteiger partial charge >= 0.3 is 5.97 Å². The molecule has 0 atom stereocenters. The summed E-state index contributed by atoms with van der Waals surface area (Å²) in [4.78, 5) is 33.8. The van der Waals surface area contributed by atoms with Crippen molar-refractivity contribution in [3.05, 3.63) is 35.4 Å². The smallest absolute Gasteiger partial charge is 0.337 e. The molecule has 0 unspecified atom stereocenters. The van der Waals surface area contributed by atoms with Gasteiger partial charge in [-0.25, -0.2) is 4.79 Å². The Balaban J connectivity index is 3.03. The minimum Gasteiger partial charge on any atom is -0.465 e. The average molecular weight is 221 g/mol. The van der Waals surface area contributed by atoms with Crippen molar-refractivity contribution >= 4 is 17.7 Å². The van der Waals surface area contributed by atoms with Gasteiger partial charge in [-0.1, -0.05) is 12.1 Å². The van der Waals surface area contributed by atoms with E-state index in [0.717, 1.165) is 0 Å². The zero-order valence-electron chi connectivity index (χ0n) is 8.94. The predicted molar refractivity (Wildman–Crippen MR) is 56.2 cm³/mol. The number of nitrogens with one attached hydrogen (secondary N) is 1. The fourth-order valence-corrected chi connectivity index (χ4v) is 1.15. The number of carbonyl (C=O) groups excluding carboxylic acids is 3. The molecule has 0 aliphatic carbocycles. The molecule has 0 spiro atoms. The van der Waals surface area contributed by atoms with Crippen LogP contribution in [0.1, 0.15) is 20.7 Å². The van der Waals surface area contributed by atoms with Crippen LogP contribution in [-0.4, -0.2) is 31.8 Å². The third-order valence-corrected chi connectivity index (χ3v) is 1.98. The summed E-state index contributed by atoms with van der Waals surface area (Å²) in [5, 5.41) is 2.22. The van der Waals surface area contributed by atoms with Gasteiger partial charge in [0.2, 0.25) is 5.78 Å². The van der Waals surface area contributed by atoms with E-state index in [1.165, 1.54) is 38.4 Å². The van der Waals surface area contributed by atoms with Gasteiger partial charge in [-0.3, -0.25) is 9.59 Å². The third-order valence-electron chi connectivity index (χ3n) is 1.98. The van der Waals surface area contributed by atoms with Gasteiger partial charge in [-0.15, -0.1) is 0 Å². The molecule has 0 radical (unpaired) electrons. The Kier molecular flexibility index (Phi) is 3.77.